The monoisotopic (exact) mass is 212 g/mol. The molecule has 86 valence electrons. The molecule has 1 heterocycles. The first kappa shape index (κ1) is 10.9. The van der Waals surface area contributed by atoms with E-state index in [0.717, 1.165) is 45.4 Å². The van der Waals surface area contributed by atoms with Crippen molar-refractivity contribution in [1.82, 2.24) is 10.2 Å². The average Bonchev–Trinajstić information content (AvgIpc) is 2.30. The second-order valence-electron chi connectivity index (χ2n) is 4.64. The summed E-state index contributed by atoms with van der Waals surface area (Å²) in [4.78, 5) is 13.4. The Hall–Kier alpha value is -0.610. The van der Waals surface area contributed by atoms with Crippen LogP contribution in [0, 0.1) is 5.92 Å². The van der Waals surface area contributed by atoms with Crippen molar-refractivity contribution in [1.29, 1.82) is 0 Å². The van der Waals surface area contributed by atoms with Gasteiger partial charge >= 0.3 is 5.97 Å². The number of nitrogens with one attached hydrogen (secondary N) is 1. The highest BCUT2D eigenvalue weighted by molar-refractivity contribution is 5.70. The minimum Gasteiger partial charge on any atom is -0.481 e. The molecule has 0 aromatic rings. The van der Waals surface area contributed by atoms with E-state index < -0.39 is 5.97 Å². The van der Waals surface area contributed by atoms with Crippen LogP contribution in [0.5, 0.6) is 0 Å². The minimum atomic E-state index is -0.602. The number of piperazine rings is 1. The summed E-state index contributed by atoms with van der Waals surface area (Å²) in [5.41, 5.74) is 0. The quantitative estimate of drug-likeness (QED) is 0.701. The maximum absolute atomic E-state index is 11.0. The van der Waals surface area contributed by atoms with Crippen molar-refractivity contribution in [2.75, 3.05) is 26.2 Å². The van der Waals surface area contributed by atoms with Crippen molar-refractivity contribution in [2.45, 2.75) is 31.7 Å². The van der Waals surface area contributed by atoms with Crippen molar-refractivity contribution in [3.05, 3.63) is 0 Å². The Balaban J connectivity index is 1.88. The predicted molar refractivity (Wildman–Crippen MR) is 57.8 cm³/mol. The average molecular weight is 212 g/mol. The van der Waals surface area contributed by atoms with Crippen LogP contribution in [0.15, 0.2) is 0 Å². The summed E-state index contributed by atoms with van der Waals surface area (Å²) >= 11 is 0. The van der Waals surface area contributed by atoms with E-state index >= 15 is 0 Å². The third-order valence-electron chi connectivity index (χ3n) is 3.66. The van der Waals surface area contributed by atoms with E-state index in [4.69, 9.17) is 5.11 Å². The van der Waals surface area contributed by atoms with Gasteiger partial charge in [-0.2, -0.15) is 0 Å². The zero-order valence-electron chi connectivity index (χ0n) is 9.11. The zero-order chi connectivity index (χ0) is 10.7. The molecule has 4 nitrogen and oxygen atoms in total. The van der Waals surface area contributed by atoms with Gasteiger partial charge in [0.05, 0.1) is 5.92 Å². The lowest BCUT2D eigenvalue weighted by molar-refractivity contribution is -0.143. The van der Waals surface area contributed by atoms with E-state index in [9.17, 15) is 4.79 Å². The van der Waals surface area contributed by atoms with Gasteiger partial charge in [-0.15, -0.1) is 0 Å². The maximum Gasteiger partial charge on any atom is 0.306 e. The maximum atomic E-state index is 11.0. The number of hydrogen-bond acceptors (Lipinski definition) is 3. The fraction of sp³-hybridized carbons (Fsp3) is 0.909. The largest absolute Gasteiger partial charge is 0.481 e. The minimum absolute atomic E-state index is 0.0985. The number of hydrogen-bond donors (Lipinski definition) is 2. The van der Waals surface area contributed by atoms with Gasteiger partial charge in [0.1, 0.15) is 0 Å². The molecular weight excluding hydrogens is 192 g/mol. The van der Waals surface area contributed by atoms with Crippen LogP contribution in [0.4, 0.5) is 0 Å². The smallest absolute Gasteiger partial charge is 0.306 e. The molecule has 0 amide bonds. The molecule has 0 unspecified atom stereocenters. The third-order valence-corrected chi connectivity index (χ3v) is 3.66. The van der Waals surface area contributed by atoms with Gasteiger partial charge in [-0.05, 0) is 19.3 Å². The van der Waals surface area contributed by atoms with Gasteiger partial charge in [-0.3, -0.25) is 9.69 Å². The number of nitrogens with zero attached hydrogens (tertiary/aromatic N) is 1. The summed E-state index contributed by atoms with van der Waals surface area (Å²) in [5.74, 6) is -0.700. The molecule has 15 heavy (non-hydrogen) atoms. The Kier molecular flexibility index (Phi) is 3.59. The highest BCUT2D eigenvalue weighted by atomic mass is 16.4. The number of carboxylic acids is 1. The molecule has 0 aromatic heterocycles. The van der Waals surface area contributed by atoms with Crippen LogP contribution >= 0.6 is 0 Å². The Labute approximate surface area is 90.6 Å². The van der Waals surface area contributed by atoms with Crippen molar-refractivity contribution < 1.29 is 9.90 Å². The summed E-state index contributed by atoms with van der Waals surface area (Å²) in [7, 11) is 0. The van der Waals surface area contributed by atoms with Gasteiger partial charge in [-0.25, -0.2) is 0 Å². The molecule has 0 radical (unpaired) electrons. The van der Waals surface area contributed by atoms with Crippen LogP contribution in [0.25, 0.3) is 0 Å². The SMILES string of the molecule is O=C(O)[C@@H]1CCC[C@@H](N2CCNCC2)C1. The summed E-state index contributed by atoms with van der Waals surface area (Å²) < 4.78 is 0. The normalized spacial score (nSPS) is 33.9. The first-order valence-electron chi connectivity index (χ1n) is 5.95. The molecule has 1 aliphatic heterocycles. The standard InChI is InChI=1S/C11H20N2O2/c14-11(15)9-2-1-3-10(8-9)13-6-4-12-5-7-13/h9-10,12H,1-8H2,(H,14,15)/t9-,10-/m1/s1. The van der Waals surface area contributed by atoms with Crippen LogP contribution < -0.4 is 5.32 Å². The lowest BCUT2D eigenvalue weighted by Crippen LogP contribution is -2.50. The van der Waals surface area contributed by atoms with Crippen LogP contribution in [0.2, 0.25) is 0 Å². The Morgan fingerprint density at radius 3 is 2.67 bits per heavy atom. The Bertz CT molecular complexity index is 227. The highest BCUT2D eigenvalue weighted by Gasteiger charge is 2.30. The molecule has 4 heteroatoms. The molecule has 0 aromatic carbocycles. The van der Waals surface area contributed by atoms with E-state index in [-0.39, 0.29) is 5.92 Å². The number of carboxylic acid groups (broad SMARTS) is 1. The fourth-order valence-corrected chi connectivity index (χ4v) is 2.77. The first-order chi connectivity index (χ1) is 7.27. The predicted octanol–water partition coefficient (Wildman–Crippen LogP) is 0.535. The van der Waals surface area contributed by atoms with Gasteiger partial charge in [0.25, 0.3) is 0 Å². The van der Waals surface area contributed by atoms with Gasteiger partial charge < -0.3 is 10.4 Å². The van der Waals surface area contributed by atoms with Gasteiger partial charge in [-0.1, -0.05) is 6.42 Å². The lowest BCUT2D eigenvalue weighted by atomic mass is 9.85. The van der Waals surface area contributed by atoms with Crippen LogP contribution in [0.1, 0.15) is 25.7 Å². The molecule has 1 aliphatic carbocycles. The second kappa shape index (κ2) is 4.94. The van der Waals surface area contributed by atoms with Crippen LogP contribution in [0.3, 0.4) is 0 Å². The lowest BCUT2D eigenvalue weighted by Gasteiger charge is -2.38. The van der Waals surface area contributed by atoms with Gasteiger partial charge in [0.2, 0.25) is 0 Å². The summed E-state index contributed by atoms with van der Waals surface area (Å²) in [6.45, 7) is 4.26. The second-order valence-corrected chi connectivity index (χ2v) is 4.64. The highest BCUT2D eigenvalue weighted by Crippen LogP contribution is 2.28. The fourth-order valence-electron chi connectivity index (χ4n) is 2.77. The molecule has 2 rings (SSSR count). The van der Waals surface area contributed by atoms with Crippen LogP contribution in [-0.4, -0.2) is 48.2 Å². The Morgan fingerprint density at radius 1 is 1.27 bits per heavy atom. The third kappa shape index (κ3) is 2.69. The number of aliphatic carboxylic acids is 1. The summed E-state index contributed by atoms with van der Waals surface area (Å²) in [5, 5.41) is 12.4. The molecule has 0 spiro atoms. The summed E-state index contributed by atoms with van der Waals surface area (Å²) in [6.07, 6.45) is 3.99. The molecule has 2 atom stereocenters. The van der Waals surface area contributed by atoms with Crippen molar-refractivity contribution >= 4 is 5.97 Å². The van der Waals surface area contributed by atoms with E-state index in [0.29, 0.717) is 6.04 Å². The molecule has 1 saturated carbocycles. The number of carbonyl (C=O) groups is 1. The molecule has 2 N–H and O–H groups in total. The van der Waals surface area contributed by atoms with Crippen molar-refractivity contribution in [3.63, 3.8) is 0 Å². The van der Waals surface area contributed by atoms with Gasteiger partial charge in [0.15, 0.2) is 0 Å². The first-order valence-corrected chi connectivity index (χ1v) is 5.95. The van der Waals surface area contributed by atoms with Crippen LogP contribution in [-0.2, 0) is 4.79 Å². The van der Waals surface area contributed by atoms with E-state index in [1.807, 2.05) is 0 Å². The van der Waals surface area contributed by atoms with E-state index in [1.165, 1.54) is 6.42 Å². The molecule has 2 fully saturated rings. The molecule has 1 saturated heterocycles. The topological polar surface area (TPSA) is 52.6 Å². The van der Waals surface area contributed by atoms with Gasteiger partial charge in [0, 0.05) is 32.2 Å². The molecule has 2 aliphatic rings. The molecular formula is C11H20N2O2. The zero-order valence-corrected chi connectivity index (χ0v) is 9.11. The van der Waals surface area contributed by atoms with E-state index in [2.05, 4.69) is 10.2 Å². The summed E-state index contributed by atoms with van der Waals surface area (Å²) in [6, 6.07) is 0.516. The number of rotatable bonds is 2. The van der Waals surface area contributed by atoms with E-state index in [1.54, 1.807) is 0 Å². The molecule has 0 bridgehead atoms. The van der Waals surface area contributed by atoms with Crippen molar-refractivity contribution in [2.24, 2.45) is 5.92 Å². The Morgan fingerprint density at radius 2 is 2.00 bits per heavy atom. The van der Waals surface area contributed by atoms with Crippen molar-refractivity contribution in [3.8, 4) is 0 Å².